The lowest BCUT2D eigenvalue weighted by molar-refractivity contribution is -0.172. The highest BCUT2D eigenvalue weighted by Gasteiger charge is 2.45. The van der Waals surface area contributed by atoms with Crippen LogP contribution in [-0.4, -0.2) is 40.0 Å². The lowest BCUT2D eigenvalue weighted by atomic mass is 9.86. The van der Waals surface area contributed by atoms with Gasteiger partial charge >= 0.3 is 5.97 Å². The smallest absolute Gasteiger partial charge is 0.343 e. The third-order valence-electron chi connectivity index (χ3n) is 7.23. The van der Waals surface area contributed by atoms with Crippen molar-refractivity contribution in [3.8, 4) is 22.9 Å². The summed E-state index contributed by atoms with van der Waals surface area (Å²) in [7, 11) is 0. The molecule has 3 aliphatic rings. The second kappa shape index (κ2) is 7.79. The van der Waals surface area contributed by atoms with Gasteiger partial charge in [-0.25, -0.2) is 9.78 Å². The molecular formula is C26H27N3O6. The van der Waals surface area contributed by atoms with E-state index in [0.29, 0.717) is 46.6 Å². The van der Waals surface area contributed by atoms with Crippen molar-refractivity contribution in [2.45, 2.75) is 58.4 Å². The molecule has 9 heteroatoms. The van der Waals surface area contributed by atoms with Gasteiger partial charge in [-0.3, -0.25) is 4.79 Å². The van der Waals surface area contributed by atoms with E-state index < -0.39 is 11.6 Å². The van der Waals surface area contributed by atoms with Crippen molar-refractivity contribution in [3.05, 3.63) is 50.8 Å². The zero-order chi connectivity index (χ0) is 24.5. The second-order valence-corrected chi connectivity index (χ2v) is 9.60. The Morgan fingerprint density at radius 1 is 1.14 bits per heavy atom. The number of fused-ring (bicyclic) bond motifs is 6. The van der Waals surface area contributed by atoms with Crippen molar-refractivity contribution < 1.29 is 24.1 Å². The standard InChI is InChI=1S/C26H27N3O6/c1-4-26(32)18-8-20-23-16(10-29(20)24(30)17(18)11-33-25(26)31)14(5-6-27-13(2)3)15-7-21-22(35-12-34-21)9-19(15)28-23/h7-9,13,27,32H,4-6,10-12H2,1-3H3/t26-/m0/s1. The van der Waals surface area contributed by atoms with Gasteiger partial charge in [0, 0.05) is 28.6 Å². The van der Waals surface area contributed by atoms with Crippen LogP contribution in [0.3, 0.4) is 0 Å². The summed E-state index contributed by atoms with van der Waals surface area (Å²) in [5.41, 5.74) is 2.61. The van der Waals surface area contributed by atoms with Crippen molar-refractivity contribution in [2.75, 3.05) is 13.3 Å². The maximum Gasteiger partial charge on any atom is 0.343 e. The maximum absolute atomic E-state index is 13.5. The van der Waals surface area contributed by atoms with Crippen LogP contribution in [0.5, 0.6) is 11.5 Å². The number of benzene rings is 1. The molecular weight excluding hydrogens is 450 g/mol. The first-order valence-electron chi connectivity index (χ1n) is 12.0. The first kappa shape index (κ1) is 22.1. The number of esters is 1. The molecule has 0 saturated heterocycles. The molecule has 1 aromatic carbocycles. The molecule has 0 radical (unpaired) electrons. The number of ether oxygens (including phenoxy) is 3. The number of rotatable bonds is 5. The van der Waals surface area contributed by atoms with E-state index in [1.807, 2.05) is 12.1 Å². The normalized spacial score (nSPS) is 19.6. The van der Waals surface area contributed by atoms with Crippen LogP contribution in [-0.2, 0) is 34.7 Å². The number of nitrogens with one attached hydrogen (secondary N) is 1. The van der Waals surface area contributed by atoms with Crippen LogP contribution >= 0.6 is 0 Å². The number of aliphatic hydroxyl groups is 1. The summed E-state index contributed by atoms with van der Waals surface area (Å²) < 4.78 is 18.1. The second-order valence-electron chi connectivity index (χ2n) is 9.60. The van der Waals surface area contributed by atoms with E-state index in [2.05, 4.69) is 19.2 Å². The molecule has 182 valence electrons. The van der Waals surface area contributed by atoms with E-state index in [-0.39, 0.29) is 25.4 Å². The minimum absolute atomic E-state index is 0.106. The topological polar surface area (TPSA) is 112 Å². The van der Waals surface area contributed by atoms with Crippen molar-refractivity contribution in [3.63, 3.8) is 0 Å². The molecule has 0 bridgehead atoms. The predicted molar refractivity (Wildman–Crippen MR) is 127 cm³/mol. The average molecular weight is 478 g/mol. The minimum Gasteiger partial charge on any atom is -0.458 e. The van der Waals surface area contributed by atoms with Crippen LogP contribution < -0.4 is 20.3 Å². The molecule has 3 aliphatic heterocycles. The zero-order valence-corrected chi connectivity index (χ0v) is 19.9. The first-order chi connectivity index (χ1) is 16.8. The monoisotopic (exact) mass is 477 g/mol. The quantitative estimate of drug-likeness (QED) is 0.422. The van der Waals surface area contributed by atoms with E-state index in [0.717, 1.165) is 35.0 Å². The number of carbonyl (C=O) groups is 1. The molecule has 2 N–H and O–H groups in total. The summed E-state index contributed by atoms with van der Waals surface area (Å²) in [6, 6.07) is 5.92. The number of cyclic esters (lactones) is 1. The van der Waals surface area contributed by atoms with Gasteiger partial charge in [-0.2, -0.15) is 0 Å². The van der Waals surface area contributed by atoms with Crippen molar-refractivity contribution in [2.24, 2.45) is 0 Å². The number of hydrogen-bond donors (Lipinski definition) is 2. The Hall–Kier alpha value is -3.43. The number of carbonyl (C=O) groups excluding carboxylic acids is 1. The van der Waals surface area contributed by atoms with Crippen LogP contribution in [0, 0.1) is 0 Å². The Bertz CT molecular complexity index is 1460. The van der Waals surface area contributed by atoms with Gasteiger partial charge in [-0.1, -0.05) is 20.8 Å². The summed E-state index contributed by atoms with van der Waals surface area (Å²) in [5.74, 6) is 0.596. The molecule has 9 nitrogen and oxygen atoms in total. The third kappa shape index (κ3) is 3.18. The van der Waals surface area contributed by atoms with Crippen LogP contribution in [0.15, 0.2) is 23.0 Å². The van der Waals surface area contributed by atoms with E-state index >= 15 is 0 Å². The largest absolute Gasteiger partial charge is 0.458 e. The number of nitrogens with zero attached hydrogens (tertiary/aromatic N) is 2. The SMILES string of the molecule is CC[C@@]1(O)C(=O)OCc2c1cc1n(c2=O)Cc2c-1nc1cc3c(cc1c2CCNC(C)C)OCO3. The highest BCUT2D eigenvalue weighted by Crippen LogP contribution is 2.43. The summed E-state index contributed by atoms with van der Waals surface area (Å²) >= 11 is 0. The maximum atomic E-state index is 13.5. The highest BCUT2D eigenvalue weighted by atomic mass is 16.7. The van der Waals surface area contributed by atoms with Gasteiger partial charge < -0.3 is 29.2 Å². The lowest BCUT2D eigenvalue weighted by Crippen LogP contribution is -2.44. The van der Waals surface area contributed by atoms with Gasteiger partial charge in [0.2, 0.25) is 6.79 Å². The van der Waals surface area contributed by atoms with Crippen LogP contribution in [0.2, 0.25) is 0 Å². The third-order valence-corrected chi connectivity index (χ3v) is 7.23. The van der Waals surface area contributed by atoms with Gasteiger partial charge in [-0.15, -0.1) is 0 Å². The Morgan fingerprint density at radius 2 is 1.91 bits per heavy atom. The Morgan fingerprint density at radius 3 is 2.66 bits per heavy atom. The Kier molecular flexibility index (Phi) is 4.91. The Balaban J connectivity index is 1.58. The summed E-state index contributed by atoms with van der Waals surface area (Å²) in [6.45, 7) is 7.06. The Labute approximate surface area is 201 Å². The average Bonchev–Trinajstić information content (AvgIpc) is 3.44. The number of hydrogen-bond acceptors (Lipinski definition) is 8. The molecule has 0 saturated carbocycles. The predicted octanol–water partition coefficient (Wildman–Crippen LogP) is 2.35. The molecule has 5 heterocycles. The van der Waals surface area contributed by atoms with Gasteiger partial charge in [0.1, 0.15) is 6.61 Å². The van der Waals surface area contributed by atoms with E-state index in [1.54, 1.807) is 17.6 Å². The van der Waals surface area contributed by atoms with Crippen molar-refractivity contribution in [1.82, 2.24) is 14.9 Å². The minimum atomic E-state index is -1.85. The van der Waals surface area contributed by atoms with Gasteiger partial charge in [-0.05, 0) is 37.1 Å². The van der Waals surface area contributed by atoms with Gasteiger partial charge in [0.05, 0.1) is 29.0 Å². The molecule has 6 rings (SSSR count). The molecule has 3 aromatic rings. The molecule has 0 fully saturated rings. The number of pyridine rings is 2. The fourth-order valence-electron chi connectivity index (χ4n) is 5.32. The van der Waals surface area contributed by atoms with Gasteiger partial charge in [0.25, 0.3) is 5.56 Å². The number of aromatic nitrogens is 2. The van der Waals surface area contributed by atoms with E-state index in [1.165, 1.54) is 0 Å². The molecule has 0 amide bonds. The first-order valence-corrected chi connectivity index (χ1v) is 12.0. The molecule has 2 aromatic heterocycles. The molecule has 35 heavy (non-hydrogen) atoms. The molecule has 1 atom stereocenters. The molecule has 0 unspecified atom stereocenters. The van der Waals surface area contributed by atoms with E-state index in [9.17, 15) is 14.7 Å². The fraction of sp³-hybridized carbons (Fsp3) is 0.423. The molecule has 0 spiro atoms. The van der Waals surface area contributed by atoms with E-state index in [4.69, 9.17) is 19.2 Å². The van der Waals surface area contributed by atoms with Crippen LogP contribution in [0.4, 0.5) is 0 Å². The zero-order valence-electron chi connectivity index (χ0n) is 19.9. The van der Waals surface area contributed by atoms with Crippen LogP contribution in [0.25, 0.3) is 22.3 Å². The highest BCUT2D eigenvalue weighted by molar-refractivity contribution is 5.91. The fourth-order valence-corrected chi connectivity index (χ4v) is 5.32. The van der Waals surface area contributed by atoms with Crippen molar-refractivity contribution in [1.29, 1.82) is 0 Å². The summed E-state index contributed by atoms with van der Waals surface area (Å²) in [6.07, 6.45) is 0.845. The van der Waals surface area contributed by atoms with Crippen molar-refractivity contribution >= 4 is 16.9 Å². The summed E-state index contributed by atoms with van der Waals surface area (Å²) in [5, 5.41) is 15.6. The summed E-state index contributed by atoms with van der Waals surface area (Å²) in [4.78, 5) is 30.9. The van der Waals surface area contributed by atoms with Gasteiger partial charge in [0.15, 0.2) is 17.1 Å². The lowest BCUT2D eigenvalue weighted by Gasteiger charge is -2.31. The molecule has 0 aliphatic carbocycles. The van der Waals surface area contributed by atoms with Crippen LogP contribution in [0.1, 0.15) is 49.4 Å².